The van der Waals surface area contributed by atoms with Crippen LogP contribution in [0.1, 0.15) is 57.4 Å². The van der Waals surface area contributed by atoms with Gasteiger partial charge < -0.3 is 14.9 Å². The largest absolute Gasteiger partial charge is 0.504 e. The molecule has 0 saturated heterocycles. The van der Waals surface area contributed by atoms with Gasteiger partial charge in [0, 0.05) is 0 Å². The molecule has 0 atom stereocenters. The molecule has 0 fully saturated rings. The Morgan fingerprint density at radius 2 is 1.58 bits per heavy atom. The molecule has 3 heteroatoms. The van der Waals surface area contributed by atoms with E-state index < -0.39 is 0 Å². The van der Waals surface area contributed by atoms with E-state index in [1.54, 1.807) is 0 Å². The Kier molecular flexibility index (Phi) is 7.16. The third-order valence-corrected chi connectivity index (χ3v) is 3.45. The van der Waals surface area contributed by atoms with Crippen LogP contribution in [0.15, 0.2) is 12.1 Å². The second-order valence-corrected chi connectivity index (χ2v) is 5.00. The summed E-state index contributed by atoms with van der Waals surface area (Å²) in [6, 6.07) is 3.35. The van der Waals surface area contributed by atoms with Crippen LogP contribution in [0.4, 0.5) is 0 Å². The Balaban J connectivity index is 2.35. The van der Waals surface area contributed by atoms with Gasteiger partial charge in [-0.05, 0) is 24.5 Å². The molecule has 0 radical (unpaired) electrons. The van der Waals surface area contributed by atoms with Crippen molar-refractivity contribution in [2.24, 2.45) is 0 Å². The number of aromatic hydroxyl groups is 2. The van der Waals surface area contributed by atoms with E-state index in [2.05, 4.69) is 6.92 Å². The van der Waals surface area contributed by atoms with Gasteiger partial charge in [-0.2, -0.15) is 0 Å². The zero-order valence-electron chi connectivity index (χ0n) is 12.1. The van der Waals surface area contributed by atoms with Gasteiger partial charge in [-0.3, -0.25) is 0 Å². The number of rotatable bonds is 9. The summed E-state index contributed by atoms with van der Waals surface area (Å²) >= 11 is 0. The van der Waals surface area contributed by atoms with Crippen molar-refractivity contribution in [2.75, 3.05) is 7.11 Å². The predicted molar refractivity (Wildman–Crippen MR) is 78.0 cm³/mol. The molecule has 0 bridgehead atoms. The van der Waals surface area contributed by atoms with Crippen molar-refractivity contribution in [1.29, 1.82) is 0 Å². The molecule has 0 heterocycles. The molecule has 0 amide bonds. The Morgan fingerprint density at radius 1 is 0.947 bits per heavy atom. The Morgan fingerprint density at radius 3 is 2.21 bits per heavy atom. The van der Waals surface area contributed by atoms with Gasteiger partial charge in [-0.1, -0.05) is 51.5 Å². The summed E-state index contributed by atoms with van der Waals surface area (Å²) in [4.78, 5) is 0. The highest BCUT2D eigenvalue weighted by Crippen LogP contribution is 2.38. The molecular weight excluding hydrogens is 240 g/mol. The number of benzene rings is 1. The minimum Gasteiger partial charge on any atom is -0.504 e. The van der Waals surface area contributed by atoms with Crippen LogP contribution < -0.4 is 4.74 Å². The van der Waals surface area contributed by atoms with E-state index in [0.29, 0.717) is 5.75 Å². The van der Waals surface area contributed by atoms with E-state index >= 15 is 0 Å². The number of ether oxygens (including phenoxy) is 1. The van der Waals surface area contributed by atoms with Gasteiger partial charge in [0.2, 0.25) is 5.75 Å². The fourth-order valence-corrected chi connectivity index (χ4v) is 2.30. The van der Waals surface area contributed by atoms with Gasteiger partial charge in [-0.25, -0.2) is 0 Å². The number of hydrogen-bond donors (Lipinski definition) is 2. The maximum atomic E-state index is 9.70. The van der Waals surface area contributed by atoms with Crippen molar-refractivity contribution in [3.05, 3.63) is 17.7 Å². The number of methoxy groups -OCH3 is 1. The molecule has 19 heavy (non-hydrogen) atoms. The zero-order valence-corrected chi connectivity index (χ0v) is 12.1. The molecule has 1 aromatic rings. The van der Waals surface area contributed by atoms with E-state index in [1.807, 2.05) is 6.07 Å². The number of aryl methyl sites for hydroxylation is 1. The van der Waals surface area contributed by atoms with Gasteiger partial charge in [0.15, 0.2) is 11.5 Å². The van der Waals surface area contributed by atoms with Crippen LogP contribution in [0, 0.1) is 0 Å². The van der Waals surface area contributed by atoms with Gasteiger partial charge in [0.25, 0.3) is 0 Å². The summed E-state index contributed by atoms with van der Waals surface area (Å²) in [5.41, 5.74) is 0.964. The fourth-order valence-electron chi connectivity index (χ4n) is 2.30. The van der Waals surface area contributed by atoms with Crippen molar-refractivity contribution >= 4 is 0 Å². The first-order valence-corrected chi connectivity index (χ1v) is 7.28. The maximum absolute atomic E-state index is 9.70. The summed E-state index contributed by atoms with van der Waals surface area (Å²) < 4.78 is 5.16. The van der Waals surface area contributed by atoms with Crippen LogP contribution in [-0.4, -0.2) is 17.3 Å². The van der Waals surface area contributed by atoms with Crippen LogP contribution >= 0.6 is 0 Å². The average Bonchev–Trinajstić information content (AvgIpc) is 2.42. The number of hydrogen-bond acceptors (Lipinski definition) is 3. The molecule has 1 aromatic carbocycles. The van der Waals surface area contributed by atoms with Crippen LogP contribution in [0.5, 0.6) is 17.2 Å². The normalized spacial score (nSPS) is 10.6. The van der Waals surface area contributed by atoms with E-state index in [-0.39, 0.29) is 11.5 Å². The molecule has 0 aliphatic rings. The molecule has 0 aliphatic carbocycles. The Labute approximate surface area is 116 Å². The summed E-state index contributed by atoms with van der Waals surface area (Å²) in [6.45, 7) is 2.23. The van der Waals surface area contributed by atoms with Gasteiger partial charge >= 0.3 is 0 Å². The van der Waals surface area contributed by atoms with E-state index in [4.69, 9.17) is 4.74 Å². The topological polar surface area (TPSA) is 49.7 Å². The average molecular weight is 266 g/mol. The van der Waals surface area contributed by atoms with Gasteiger partial charge in [-0.15, -0.1) is 0 Å². The number of phenols is 2. The lowest BCUT2D eigenvalue weighted by atomic mass is 10.0. The molecule has 0 aromatic heterocycles. The monoisotopic (exact) mass is 266 g/mol. The third-order valence-electron chi connectivity index (χ3n) is 3.45. The van der Waals surface area contributed by atoms with E-state index in [1.165, 1.54) is 51.7 Å². The predicted octanol–water partition coefficient (Wildman–Crippen LogP) is 4.40. The lowest BCUT2D eigenvalue weighted by Gasteiger charge is -2.11. The highest BCUT2D eigenvalue weighted by Gasteiger charge is 2.12. The number of phenolic OH excluding ortho intramolecular Hbond substituents is 2. The van der Waals surface area contributed by atoms with Crippen LogP contribution in [-0.2, 0) is 6.42 Å². The second-order valence-electron chi connectivity index (χ2n) is 5.00. The molecular formula is C16H26O3. The molecule has 2 N–H and O–H groups in total. The van der Waals surface area contributed by atoms with Crippen LogP contribution in [0.3, 0.4) is 0 Å². The van der Waals surface area contributed by atoms with Crippen molar-refractivity contribution in [1.82, 2.24) is 0 Å². The van der Waals surface area contributed by atoms with Crippen molar-refractivity contribution < 1.29 is 14.9 Å². The molecule has 0 unspecified atom stereocenters. The molecule has 108 valence electrons. The minimum absolute atomic E-state index is 0.125. The first-order chi connectivity index (χ1) is 9.20. The highest BCUT2D eigenvalue weighted by molar-refractivity contribution is 5.54. The molecule has 0 saturated carbocycles. The SMILES string of the molecule is CCCCCCCCCc1ccc(O)c(O)c1OC. The molecule has 0 aliphatic heterocycles. The smallest absolute Gasteiger partial charge is 0.200 e. The van der Waals surface area contributed by atoms with Crippen LogP contribution in [0.25, 0.3) is 0 Å². The summed E-state index contributed by atoms with van der Waals surface area (Å²) in [7, 11) is 1.52. The Bertz CT molecular complexity index is 375. The molecule has 1 rings (SSSR count). The first kappa shape index (κ1) is 15.7. The van der Waals surface area contributed by atoms with Crippen LogP contribution in [0.2, 0.25) is 0 Å². The quantitative estimate of drug-likeness (QED) is 0.514. The van der Waals surface area contributed by atoms with E-state index in [0.717, 1.165) is 18.4 Å². The minimum atomic E-state index is -0.150. The maximum Gasteiger partial charge on any atom is 0.200 e. The van der Waals surface area contributed by atoms with Crippen molar-refractivity contribution in [3.8, 4) is 17.2 Å². The fraction of sp³-hybridized carbons (Fsp3) is 0.625. The van der Waals surface area contributed by atoms with Crippen molar-refractivity contribution in [2.45, 2.75) is 58.3 Å². The summed E-state index contributed by atoms with van der Waals surface area (Å²) in [5, 5.41) is 19.1. The lowest BCUT2D eigenvalue weighted by molar-refractivity contribution is 0.347. The highest BCUT2D eigenvalue weighted by atomic mass is 16.5. The first-order valence-electron chi connectivity index (χ1n) is 7.28. The van der Waals surface area contributed by atoms with Gasteiger partial charge in [0.05, 0.1) is 7.11 Å². The van der Waals surface area contributed by atoms with Gasteiger partial charge in [0.1, 0.15) is 0 Å². The molecule has 3 nitrogen and oxygen atoms in total. The molecule has 0 spiro atoms. The van der Waals surface area contributed by atoms with Crippen molar-refractivity contribution in [3.63, 3.8) is 0 Å². The standard InChI is InChI=1S/C16H26O3/c1-3-4-5-6-7-8-9-10-13-11-12-14(17)15(18)16(13)19-2/h11-12,17-18H,3-10H2,1-2H3. The van der Waals surface area contributed by atoms with E-state index in [9.17, 15) is 10.2 Å². The third kappa shape index (κ3) is 5.01. The lowest BCUT2D eigenvalue weighted by Crippen LogP contribution is -1.93. The zero-order chi connectivity index (χ0) is 14.1. The summed E-state index contributed by atoms with van der Waals surface area (Å²) in [6.07, 6.45) is 9.70. The Hall–Kier alpha value is -1.38. The number of unbranched alkanes of at least 4 members (excludes halogenated alkanes) is 6. The second kappa shape index (κ2) is 8.68. The summed E-state index contributed by atoms with van der Waals surface area (Å²) in [5.74, 6) is 0.133.